The van der Waals surface area contributed by atoms with Crippen molar-refractivity contribution < 1.29 is 4.79 Å². The molecular formula is C10H12N4O. The van der Waals surface area contributed by atoms with E-state index < -0.39 is 0 Å². The standard InChI is InChI=1S/C10H12N4O/c1-7-11-5-9-10(13(2)3)12-4-8(6-15)14(7)9/h4-6H,1-3H3. The molecule has 0 aliphatic rings. The van der Waals surface area contributed by atoms with Gasteiger partial charge in [-0.3, -0.25) is 9.20 Å². The van der Waals surface area contributed by atoms with Crippen molar-refractivity contribution in [3.05, 3.63) is 23.9 Å². The molecule has 0 amide bonds. The molecule has 0 radical (unpaired) electrons. The third kappa shape index (κ3) is 1.36. The number of aryl methyl sites for hydroxylation is 1. The summed E-state index contributed by atoms with van der Waals surface area (Å²) in [6.45, 7) is 1.86. The summed E-state index contributed by atoms with van der Waals surface area (Å²) in [4.78, 5) is 21.2. The number of carbonyl (C=O) groups excluding carboxylic acids is 1. The van der Waals surface area contributed by atoms with Crippen LogP contribution >= 0.6 is 0 Å². The summed E-state index contributed by atoms with van der Waals surface area (Å²) in [5.41, 5.74) is 1.37. The molecule has 5 heteroatoms. The fourth-order valence-electron chi connectivity index (χ4n) is 1.61. The first-order valence-electron chi connectivity index (χ1n) is 4.60. The van der Waals surface area contributed by atoms with Gasteiger partial charge in [0.25, 0.3) is 0 Å². The van der Waals surface area contributed by atoms with Crippen LogP contribution < -0.4 is 4.90 Å². The van der Waals surface area contributed by atoms with Crippen molar-refractivity contribution >= 4 is 17.6 Å². The molecule has 0 aliphatic carbocycles. The van der Waals surface area contributed by atoms with Gasteiger partial charge in [0, 0.05) is 14.1 Å². The Kier molecular flexibility index (Phi) is 2.15. The molecule has 15 heavy (non-hydrogen) atoms. The fourth-order valence-corrected chi connectivity index (χ4v) is 1.61. The van der Waals surface area contributed by atoms with Gasteiger partial charge in [-0.1, -0.05) is 0 Å². The van der Waals surface area contributed by atoms with E-state index in [0.29, 0.717) is 5.69 Å². The number of rotatable bonds is 2. The molecule has 2 aromatic heterocycles. The molecule has 0 bridgehead atoms. The van der Waals surface area contributed by atoms with E-state index in [2.05, 4.69) is 9.97 Å². The number of aldehydes is 1. The molecule has 0 spiro atoms. The maximum Gasteiger partial charge on any atom is 0.168 e. The van der Waals surface area contributed by atoms with Crippen LogP contribution in [0.25, 0.3) is 5.52 Å². The number of fused-ring (bicyclic) bond motifs is 1. The first kappa shape index (κ1) is 9.64. The maximum atomic E-state index is 10.8. The van der Waals surface area contributed by atoms with Gasteiger partial charge in [0.1, 0.15) is 17.0 Å². The highest BCUT2D eigenvalue weighted by Gasteiger charge is 2.10. The minimum Gasteiger partial charge on any atom is -0.361 e. The van der Waals surface area contributed by atoms with Gasteiger partial charge in [-0.2, -0.15) is 0 Å². The van der Waals surface area contributed by atoms with Crippen molar-refractivity contribution in [2.24, 2.45) is 0 Å². The van der Waals surface area contributed by atoms with Gasteiger partial charge in [-0.25, -0.2) is 9.97 Å². The van der Waals surface area contributed by atoms with Crippen LogP contribution in [0.15, 0.2) is 12.4 Å². The molecule has 0 saturated carbocycles. The summed E-state index contributed by atoms with van der Waals surface area (Å²) in [5.74, 6) is 1.60. The second-order valence-corrected chi connectivity index (χ2v) is 3.55. The molecule has 0 unspecified atom stereocenters. The van der Waals surface area contributed by atoms with Crippen molar-refractivity contribution in [2.45, 2.75) is 6.92 Å². The van der Waals surface area contributed by atoms with Gasteiger partial charge < -0.3 is 4.90 Å². The summed E-state index contributed by atoms with van der Waals surface area (Å²) < 4.78 is 1.80. The summed E-state index contributed by atoms with van der Waals surface area (Å²) in [7, 11) is 3.82. The Morgan fingerprint density at radius 3 is 2.67 bits per heavy atom. The number of anilines is 1. The highest BCUT2D eigenvalue weighted by molar-refractivity contribution is 5.78. The second kappa shape index (κ2) is 3.34. The lowest BCUT2D eigenvalue weighted by molar-refractivity contribution is 0.111. The van der Waals surface area contributed by atoms with E-state index in [1.807, 2.05) is 25.9 Å². The van der Waals surface area contributed by atoms with Crippen molar-refractivity contribution in [2.75, 3.05) is 19.0 Å². The van der Waals surface area contributed by atoms with Crippen LogP contribution in [0, 0.1) is 6.92 Å². The van der Waals surface area contributed by atoms with Crippen molar-refractivity contribution in [3.8, 4) is 0 Å². The molecule has 0 atom stereocenters. The number of hydrogen-bond acceptors (Lipinski definition) is 4. The third-order valence-electron chi connectivity index (χ3n) is 2.29. The molecule has 2 heterocycles. The van der Waals surface area contributed by atoms with Crippen LogP contribution in [0.4, 0.5) is 5.82 Å². The van der Waals surface area contributed by atoms with E-state index in [4.69, 9.17) is 0 Å². The Bertz CT molecular complexity index is 515. The van der Waals surface area contributed by atoms with Crippen molar-refractivity contribution in [1.29, 1.82) is 0 Å². The summed E-state index contributed by atoms with van der Waals surface area (Å²) in [5, 5.41) is 0. The quantitative estimate of drug-likeness (QED) is 0.682. The highest BCUT2D eigenvalue weighted by atomic mass is 16.1. The third-order valence-corrected chi connectivity index (χ3v) is 2.29. The number of nitrogens with zero attached hydrogens (tertiary/aromatic N) is 4. The van der Waals surface area contributed by atoms with Crippen molar-refractivity contribution in [3.63, 3.8) is 0 Å². The molecule has 0 saturated heterocycles. The zero-order valence-electron chi connectivity index (χ0n) is 8.93. The SMILES string of the molecule is Cc1ncc2c(N(C)C)ncc(C=O)n12. The summed E-state index contributed by atoms with van der Waals surface area (Å²) in [6.07, 6.45) is 4.07. The van der Waals surface area contributed by atoms with Crippen LogP contribution in [0.5, 0.6) is 0 Å². The molecule has 5 nitrogen and oxygen atoms in total. The van der Waals surface area contributed by atoms with E-state index in [-0.39, 0.29) is 0 Å². The van der Waals surface area contributed by atoms with Crippen LogP contribution in [0.1, 0.15) is 16.3 Å². The molecule has 0 aliphatic heterocycles. The molecule has 2 rings (SSSR count). The Morgan fingerprint density at radius 2 is 2.07 bits per heavy atom. The van der Waals surface area contributed by atoms with Crippen LogP contribution in [-0.4, -0.2) is 34.8 Å². The predicted octanol–water partition coefficient (Wildman–Crippen LogP) is 0.916. The van der Waals surface area contributed by atoms with Gasteiger partial charge in [-0.15, -0.1) is 0 Å². The van der Waals surface area contributed by atoms with Gasteiger partial charge in [0.15, 0.2) is 12.1 Å². The molecular weight excluding hydrogens is 192 g/mol. The number of imidazole rings is 1. The Labute approximate surface area is 87.4 Å². The van der Waals surface area contributed by atoms with Crippen LogP contribution in [0.2, 0.25) is 0 Å². The van der Waals surface area contributed by atoms with E-state index in [9.17, 15) is 4.79 Å². The lowest BCUT2D eigenvalue weighted by Gasteiger charge is -2.13. The number of hydrogen-bond donors (Lipinski definition) is 0. The predicted molar refractivity (Wildman–Crippen MR) is 57.4 cm³/mol. The average molecular weight is 204 g/mol. The topological polar surface area (TPSA) is 50.5 Å². The highest BCUT2D eigenvalue weighted by Crippen LogP contribution is 2.18. The van der Waals surface area contributed by atoms with E-state index in [1.165, 1.54) is 0 Å². The molecule has 0 fully saturated rings. The summed E-state index contributed by atoms with van der Waals surface area (Å²) in [6, 6.07) is 0. The largest absolute Gasteiger partial charge is 0.361 e. The van der Waals surface area contributed by atoms with E-state index >= 15 is 0 Å². The summed E-state index contributed by atoms with van der Waals surface area (Å²) >= 11 is 0. The van der Waals surface area contributed by atoms with E-state index in [0.717, 1.165) is 23.4 Å². The van der Waals surface area contributed by atoms with Gasteiger partial charge in [-0.05, 0) is 6.92 Å². The van der Waals surface area contributed by atoms with Gasteiger partial charge in [0.05, 0.1) is 12.4 Å². The average Bonchev–Trinajstić information content (AvgIpc) is 2.60. The number of carbonyl (C=O) groups is 1. The Hall–Kier alpha value is -1.91. The zero-order valence-corrected chi connectivity index (χ0v) is 8.93. The molecule has 2 aromatic rings. The molecule has 0 N–H and O–H groups in total. The van der Waals surface area contributed by atoms with Crippen molar-refractivity contribution in [1.82, 2.24) is 14.4 Å². The normalized spacial score (nSPS) is 10.6. The fraction of sp³-hybridized carbons (Fsp3) is 0.300. The van der Waals surface area contributed by atoms with Gasteiger partial charge >= 0.3 is 0 Å². The van der Waals surface area contributed by atoms with Crippen LogP contribution in [0.3, 0.4) is 0 Å². The second-order valence-electron chi connectivity index (χ2n) is 3.55. The number of aromatic nitrogens is 3. The first-order valence-corrected chi connectivity index (χ1v) is 4.60. The maximum absolute atomic E-state index is 10.8. The smallest absolute Gasteiger partial charge is 0.168 e. The monoisotopic (exact) mass is 204 g/mol. The van der Waals surface area contributed by atoms with Crippen LogP contribution in [-0.2, 0) is 0 Å². The molecule has 0 aromatic carbocycles. The first-order chi connectivity index (χ1) is 7.15. The zero-order chi connectivity index (χ0) is 11.0. The minimum absolute atomic E-state index is 0.519. The lowest BCUT2D eigenvalue weighted by Crippen LogP contribution is -2.13. The molecule has 78 valence electrons. The van der Waals surface area contributed by atoms with Gasteiger partial charge in [0.2, 0.25) is 0 Å². The van der Waals surface area contributed by atoms with E-state index in [1.54, 1.807) is 16.8 Å². The lowest BCUT2D eigenvalue weighted by atomic mass is 10.4. The Morgan fingerprint density at radius 1 is 1.33 bits per heavy atom. The minimum atomic E-state index is 0.519. The Balaban J connectivity index is 2.85.